The lowest BCUT2D eigenvalue weighted by Gasteiger charge is -2.09. The molecular weight excluding hydrogens is 222 g/mol. The van der Waals surface area contributed by atoms with Gasteiger partial charge in [0.25, 0.3) is 5.56 Å². The van der Waals surface area contributed by atoms with Gasteiger partial charge in [-0.3, -0.25) is 4.79 Å². The number of pyridine rings is 1. The molecule has 1 aromatic heterocycles. The number of carbonyl (C=O) groups excluding carboxylic acids is 1. The lowest BCUT2D eigenvalue weighted by atomic mass is 10.1. The van der Waals surface area contributed by atoms with Gasteiger partial charge < -0.3 is 14.4 Å². The molecule has 0 aliphatic carbocycles. The molecule has 1 heterocycles. The molecule has 82 valence electrons. The Morgan fingerprint density at radius 2 is 2.27 bits per heavy atom. The zero-order valence-corrected chi connectivity index (χ0v) is 9.04. The molecule has 0 saturated heterocycles. The molecule has 15 heavy (non-hydrogen) atoms. The third kappa shape index (κ3) is 2.03. The van der Waals surface area contributed by atoms with Crippen LogP contribution in [0.25, 0.3) is 0 Å². The van der Waals surface area contributed by atoms with E-state index in [4.69, 9.17) is 16.7 Å². The number of aromatic nitrogens is 1. The number of rotatable bonds is 2. The first kappa shape index (κ1) is 11.7. The smallest absolute Gasteiger partial charge is 0.340 e. The van der Waals surface area contributed by atoms with Crippen LogP contribution in [0.2, 0.25) is 5.02 Å². The second kappa shape index (κ2) is 4.46. The van der Waals surface area contributed by atoms with E-state index >= 15 is 0 Å². The number of esters is 1. The van der Waals surface area contributed by atoms with Gasteiger partial charge in [0, 0.05) is 18.8 Å². The molecule has 1 N–H and O–H groups in total. The van der Waals surface area contributed by atoms with Crippen LogP contribution >= 0.6 is 11.6 Å². The quantitative estimate of drug-likeness (QED) is 0.745. The molecule has 0 aromatic carbocycles. The van der Waals surface area contributed by atoms with Crippen LogP contribution in [0.5, 0.6) is 0 Å². The van der Waals surface area contributed by atoms with E-state index in [2.05, 4.69) is 4.74 Å². The van der Waals surface area contributed by atoms with Crippen LogP contribution in [-0.2, 0) is 18.4 Å². The molecule has 0 radical (unpaired) electrons. The molecule has 0 unspecified atom stereocenters. The van der Waals surface area contributed by atoms with Crippen LogP contribution in [0.1, 0.15) is 15.9 Å². The predicted molar refractivity (Wildman–Crippen MR) is 54.0 cm³/mol. The van der Waals surface area contributed by atoms with Crippen molar-refractivity contribution in [2.24, 2.45) is 7.05 Å². The Balaban J connectivity index is 3.54. The monoisotopic (exact) mass is 231 g/mol. The minimum absolute atomic E-state index is 0.0789. The molecule has 0 fully saturated rings. The summed E-state index contributed by atoms with van der Waals surface area (Å²) in [5.41, 5.74) is -0.326. The van der Waals surface area contributed by atoms with Crippen LogP contribution in [0.3, 0.4) is 0 Å². The highest BCUT2D eigenvalue weighted by atomic mass is 35.5. The first-order chi connectivity index (χ1) is 7.02. The molecule has 0 atom stereocenters. The minimum atomic E-state index is -0.734. The van der Waals surface area contributed by atoms with Gasteiger partial charge in [-0.1, -0.05) is 11.6 Å². The van der Waals surface area contributed by atoms with Gasteiger partial charge in [-0.2, -0.15) is 0 Å². The molecule has 0 bridgehead atoms. The van der Waals surface area contributed by atoms with Gasteiger partial charge in [-0.15, -0.1) is 0 Å². The molecule has 0 spiro atoms. The molecule has 1 aromatic rings. The number of halogens is 1. The maximum absolute atomic E-state index is 11.4. The number of aliphatic hydroxyl groups excluding tert-OH is 1. The largest absolute Gasteiger partial charge is 0.465 e. The second-order valence-electron chi connectivity index (χ2n) is 2.91. The third-order valence-electron chi connectivity index (χ3n) is 1.96. The van der Waals surface area contributed by atoms with Gasteiger partial charge in [0.05, 0.1) is 19.3 Å². The SMILES string of the molecule is COC(=O)c1c(CO)cn(C)c(=O)c1Cl. The summed E-state index contributed by atoms with van der Waals surface area (Å²) in [7, 11) is 2.66. The molecule has 6 heteroatoms. The van der Waals surface area contributed by atoms with Crippen molar-refractivity contribution in [1.82, 2.24) is 4.57 Å². The van der Waals surface area contributed by atoms with Crippen molar-refractivity contribution in [1.29, 1.82) is 0 Å². The van der Waals surface area contributed by atoms with Crippen molar-refractivity contribution >= 4 is 17.6 Å². The van der Waals surface area contributed by atoms with Crippen molar-refractivity contribution in [3.05, 3.63) is 32.7 Å². The predicted octanol–water partition coefficient (Wildman–Crippen LogP) is 0.318. The Bertz CT molecular complexity index is 452. The van der Waals surface area contributed by atoms with E-state index in [0.29, 0.717) is 0 Å². The Morgan fingerprint density at radius 3 is 2.73 bits per heavy atom. The molecular formula is C9H10ClNO4. The van der Waals surface area contributed by atoms with E-state index in [-0.39, 0.29) is 16.1 Å². The zero-order chi connectivity index (χ0) is 11.6. The summed E-state index contributed by atoms with van der Waals surface area (Å²) >= 11 is 5.71. The summed E-state index contributed by atoms with van der Waals surface area (Å²) in [6, 6.07) is 0. The normalized spacial score (nSPS) is 10.1. The van der Waals surface area contributed by atoms with Crippen LogP contribution in [0.15, 0.2) is 11.0 Å². The molecule has 0 amide bonds. The maximum Gasteiger partial charge on any atom is 0.340 e. The molecule has 5 nitrogen and oxygen atoms in total. The van der Waals surface area contributed by atoms with Crippen molar-refractivity contribution < 1.29 is 14.6 Å². The number of nitrogens with zero attached hydrogens (tertiary/aromatic N) is 1. The standard InChI is InChI=1S/C9H10ClNO4/c1-11-3-5(4-12)6(9(14)15-2)7(10)8(11)13/h3,12H,4H2,1-2H3. The van der Waals surface area contributed by atoms with Gasteiger partial charge in [-0.25, -0.2) is 4.79 Å². The lowest BCUT2D eigenvalue weighted by Crippen LogP contribution is -2.22. The van der Waals surface area contributed by atoms with Crippen molar-refractivity contribution in [2.75, 3.05) is 7.11 Å². The van der Waals surface area contributed by atoms with Gasteiger partial charge >= 0.3 is 5.97 Å². The average molecular weight is 232 g/mol. The van der Waals surface area contributed by atoms with Gasteiger partial charge in [0.1, 0.15) is 5.02 Å². The summed E-state index contributed by atoms with van der Waals surface area (Å²) in [5.74, 6) is -0.734. The van der Waals surface area contributed by atoms with E-state index in [0.717, 1.165) is 0 Å². The Labute approximate surface area is 90.9 Å². The fourth-order valence-corrected chi connectivity index (χ4v) is 1.53. The van der Waals surface area contributed by atoms with Gasteiger partial charge in [0.15, 0.2) is 0 Å². The Hall–Kier alpha value is -1.33. The summed E-state index contributed by atoms with van der Waals surface area (Å²) in [5, 5.41) is 8.78. The van der Waals surface area contributed by atoms with Crippen molar-refractivity contribution in [3.8, 4) is 0 Å². The summed E-state index contributed by atoms with van der Waals surface area (Å²) in [6.45, 7) is -0.391. The summed E-state index contributed by atoms with van der Waals surface area (Å²) in [4.78, 5) is 22.7. The van der Waals surface area contributed by atoms with Crippen molar-refractivity contribution in [3.63, 3.8) is 0 Å². The van der Waals surface area contributed by atoms with Crippen LogP contribution < -0.4 is 5.56 Å². The maximum atomic E-state index is 11.4. The highest BCUT2D eigenvalue weighted by Gasteiger charge is 2.19. The van der Waals surface area contributed by atoms with E-state index in [1.54, 1.807) is 0 Å². The minimum Gasteiger partial charge on any atom is -0.465 e. The first-order valence-corrected chi connectivity index (χ1v) is 4.48. The second-order valence-corrected chi connectivity index (χ2v) is 3.29. The highest BCUT2D eigenvalue weighted by molar-refractivity contribution is 6.33. The lowest BCUT2D eigenvalue weighted by molar-refractivity contribution is 0.0597. The van der Waals surface area contributed by atoms with E-state index in [1.165, 1.54) is 24.9 Å². The number of aryl methyl sites for hydroxylation is 1. The fraction of sp³-hybridized carbons (Fsp3) is 0.333. The van der Waals surface area contributed by atoms with E-state index in [1.807, 2.05) is 0 Å². The fourth-order valence-electron chi connectivity index (χ4n) is 1.20. The van der Waals surface area contributed by atoms with E-state index in [9.17, 15) is 9.59 Å². The van der Waals surface area contributed by atoms with Crippen LogP contribution in [-0.4, -0.2) is 22.8 Å². The number of methoxy groups -OCH3 is 1. The van der Waals surface area contributed by atoms with Gasteiger partial charge in [0.2, 0.25) is 0 Å². The molecule has 0 saturated carbocycles. The molecule has 0 aliphatic rings. The Kier molecular flexibility index (Phi) is 3.49. The number of ether oxygens (including phenoxy) is 1. The highest BCUT2D eigenvalue weighted by Crippen LogP contribution is 2.17. The molecule has 1 rings (SSSR count). The number of hydrogen-bond donors (Lipinski definition) is 1. The molecule has 0 aliphatic heterocycles. The number of hydrogen-bond acceptors (Lipinski definition) is 4. The zero-order valence-electron chi connectivity index (χ0n) is 8.28. The Morgan fingerprint density at radius 1 is 1.67 bits per heavy atom. The van der Waals surface area contributed by atoms with Crippen molar-refractivity contribution in [2.45, 2.75) is 6.61 Å². The number of carbonyl (C=O) groups is 1. The summed E-state index contributed by atoms with van der Waals surface area (Å²) < 4.78 is 5.67. The topological polar surface area (TPSA) is 68.5 Å². The third-order valence-corrected chi connectivity index (χ3v) is 2.31. The van der Waals surface area contributed by atoms with Crippen LogP contribution in [0.4, 0.5) is 0 Å². The van der Waals surface area contributed by atoms with E-state index < -0.39 is 18.1 Å². The average Bonchev–Trinajstić information content (AvgIpc) is 2.24. The summed E-state index contributed by atoms with van der Waals surface area (Å²) in [6.07, 6.45) is 1.35. The number of aliphatic hydroxyl groups is 1. The van der Waals surface area contributed by atoms with Gasteiger partial charge in [-0.05, 0) is 0 Å². The first-order valence-electron chi connectivity index (χ1n) is 4.10. The van der Waals surface area contributed by atoms with Crippen LogP contribution in [0, 0.1) is 0 Å².